The molecular formula is C9H14BrNS. The molecule has 1 heterocycles. The lowest BCUT2D eigenvalue weighted by atomic mass is 9.89. The summed E-state index contributed by atoms with van der Waals surface area (Å²) in [7, 11) is 0. The van der Waals surface area contributed by atoms with Gasteiger partial charge in [0.15, 0.2) is 0 Å². The van der Waals surface area contributed by atoms with Crippen LogP contribution in [0.5, 0.6) is 0 Å². The number of nitrogens with two attached hydrogens (primary N) is 1. The van der Waals surface area contributed by atoms with Gasteiger partial charge in [-0.1, -0.05) is 20.8 Å². The van der Waals surface area contributed by atoms with Gasteiger partial charge in [0, 0.05) is 0 Å². The van der Waals surface area contributed by atoms with Gasteiger partial charge in [-0.15, -0.1) is 11.3 Å². The number of nitrogen functional groups attached to an aromatic ring is 1. The topological polar surface area (TPSA) is 26.0 Å². The van der Waals surface area contributed by atoms with Crippen LogP contribution in [0, 0.1) is 5.41 Å². The van der Waals surface area contributed by atoms with Gasteiger partial charge in [-0.25, -0.2) is 0 Å². The fourth-order valence-electron chi connectivity index (χ4n) is 1.12. The van der Waals surface area contributed by atoms with Gasteiger partial charge in [-0.2, -0.15) is 0 Å². The van der Waals surface area contributed by atoms with Gasteiger partial charge in [0.05, 0.1) is 8.79 Å². The number of anilines is 1. The van der Waals surface area contributed by atoms with E-state index in [1.807, 2.05) is 0 Å². The Labute approximate surface area is 86.1 Å². The quantitative estimate of drug-likeness (QED) is 0.806. The van der Waals surface area contributed by atoms with Crippen molar-refractivity contribution in [2.24, 2.45) is 5.41 Å². The van der Waals surface area contributed by atoms with Crippen molar-refractivity contribution in [3.05, 3.63) is 15.4 Å². The van der Waals surface area contributed by atoms with Crippen LogP contribution in [0.25, 0.3) is 0 Å². The number of hydrogen-bond acceptors (Lipinski definition) is 2. The van der Waals surface area contributed by atoms with E-state index in [-0.39, 0.29) is 0 Å². The molecule has 3 heteroatoms. The molecule has 1 aromatic heterocycles. The minimum atomic E-state index is 0.329. The third kappa shape index (κ3) is 2.79. The Balaban J connectivity index is 2.82. The number of hydrogen-bond donors (Lipinski definition) is 1. The van der Waals surface area contributed by atoms with Crippen LogP contribution in [0.2, 0.25) is 0 Å². The summed E-state index contributed by atoms with van der Waals surface area (Å²) in [5.74, 6) is 0. The molecule has 2 N–H and O–H groups in total. The van der Waals surface area contributed by atoms with Crippen LogP contribution in [-0.4, -0.2) is 0 Å². The van der Waals surface area contributed by atoms with Gasteiger partial charge in [0.2, 0.25) is 0 Å². The molecule has 0 radical (unpaired) electrons. The lowest BCUT2D eigenvalue weighted by Crippen LogP contribution is -2.08. The number of thiophene rings is 1. The molecule has 0 aromatic carbocycles. The Morgan fingerprint density at radius 3 is 2.42 bits per heavy atom. The SMILES string of the molecule is CC(C)(C)Cc1cc(N)sc1Br. The van der Waals surface area contributed by atoms with Crippen molar-refractivity contribution in [2.45, 2.75) is 27.2 Å². The first-order valence-corrected chi connectivity index (χ1v) is 5.53. The smallest absolute Gasteiger partial charge is 0.0871 e. The zero-order valence-electron chi connectivity index (χ0n) is 7.65. The highest BCUT2D eigenvalue weighted by molar-refractivity contribution is 9.11. The fraction of sp³-hybridized carbons (Fsp3) is 0.556. The highest BCUT2D eigenvalue weighted by Gasteiger charge is 2.14. The largest absolute Gasteiger partial charge is 0.391 e. The minimum Gasteiger partial charge on any atom is -0.391 e. The third-order valence-electron chi connectivity index (χ3n) is 1.50. The molecule has 1 rings (SSSR count). The first kappa shape index (κ1) is 10.1. The Morgan fingerprint density at radius 2 is 2.08 bits per heavy atom. The Kier molecular flexibility index (Phi) is 2.84. The Hall–Kier alpha value is -0.0200. The summed E-state index contributed by atoms with van der Waals surface area (Å²) in [4.78, 5) is 0. The predicted molar refractivity (Wildman–Crippen MR) is 59.6 cm³/mol. The highest BCUT2D eigenvalue weighted by atomic mass is 79.9. The molecule has 12 heavy (non-hydrogen) atoms. The van der Waals surface area contributed by atoms with Crippen LogP contribution in [0.15, 0.2) is 9.85 Å². The molecule has 0 unspecified atom stereocenters. The van der Waals surface area contributed by atoms with Gasteiger partial charge < -0.3 is 5.73 Å². The van der Waals surface area contributed by atoms with Gasteiger partial charge in [-0.05, 0) is 39.4 Å². The summed E-state index contributed by atoms with van der Waals surface area (Å²) in [5.41, 5.74) is 7.34. The van der Waals surface area contributed by atoms with Crippen LogP contribution in [0.1, 0.15) is 26.3 Å². The van der Waals surface area contributed by atoms with Gasteiger partial charge >= 0.3 is 0 Å². The van der Waals surface area contributed by atoms with E-state index in [2.05, 4.69) is 42.8 Å². The number of rotatable bonds is 1. The molecule has 68 valence electrons. The molecule has 1 nitrogen and oxygen atoms in total. The van der Waals surface area contributed by atoms with Crippen LogP contribution < -0.4 is 5.73 Å². The van der Waals surface area contributed by atoms with Crippen molar-refractivity contribution < 1.29 is 0 Å². The molecule has 0 atom stereocenters. The summed E-state index contributed by atoms with van der Waals surface area (Å²) in [6.45, 7) is 6.69. The Morgan fingerprint density at radius 1 is 1.50 bits per heavy atom. The summed E-state index contributed by atoms with van der Waals surface area (Å²) >= 11 is 5.11. The lowest BCUT2D eigenvalue weighted by Gasteiger charge is -2.17. The van der Waals surface area contributed by atoms with Crippen LogP contribution in [0.3, 0.4) is 0 Å². The highest BCUT2D eigenvalue weighted by Crippen LogP contribution is 2.34. The molecule has 0 saturated heterocycles. The Bertz CT molecular complexity index is 273. The average molecular weight is 248 g/mol. The van der Waals surface area contributed by atoms with Crippen molar-refractivity contribution in [2.75, 3.05) is 5.73 Å². The molecule has 0 amide bonds. The second-order valence-corrected chi connectivity index (χ2v) is 6.59. The molecule has 0 aliphatic heterocycles. The molecule has 0 spiro atoms. The van der Waals surface area contributed by atoms with E-state index >= 15 is 0 Å². The zero-order chi connectivity index (χ0) is 9.35. The third-order valence-corrected chi connectivity index (χ3v) is 3.29. The maximum atomic E-state index is 5.69. The monoisotopic (exact) mass is 247 g/mol. The average Bonchev–Trinajstić information content (AvgIpc) is 2.06. The van der Waals surface area contributed by atoms with Crippen LogP contribution in [0.4, 0.5) is 5.00 Å². The summed E-state index contributed by atoms with van der Waals surface area (Å²) in [6, 6.07) is 2.06. The standard InChI is InChI=1S/C9H14BrNS/c1-9(2,3)5-6-4-7(11)12-8(6)10/h4H,5,11H2,1-3H3. The van der Waals surface area contributed by atoms with Crippen molar-refractivity contribution in [1.82, 2.24) is 0 Å². The van der Waals surface area contributed by atoms with Gasteiger partial charge in [0.25, 0.3) is 0 Å². The summed E-state index contributed by atoms with van der Waals surface area (Å²) < 4.78 is 1.18. The molecule has 0 fully saturated rings. The first-order valence-electron chi connectivity index (χ1n) is 3.92. The molecular weight excluding hydrogens is 234 g/mol. The molecule has 0 bridgehead atoms. The lowest BCUT2D eigenvalue weighted by molar-refractivity contribution is 0.411. The van der Waals surface area contributed by atoms with E-state index in [1.54, 1.807) is 11.3 Å². The van der Waals surface area contributed by atoms with E-state index in [4.69, 9.17) is 5.73 Å². The van der Waals surface area contributed by atoms with Crippen molar-refractivity contribution in [3.63, 3.8) is 0 Å². The van der Waals surface area contributed by atoms with Crippen molar-refractivity contribution in [1.29, 1.82) is 0 Å². The van der Waals surface area contributed by atoms with Crippen molar-refractivity contribution >= 4 is 32.3 Å². The fourth-order valence-corrected chi connectivity index (χ4v) is 2.60. The van der Waals surface area contributed by atoms with Crippen molar-refractivity contribution in [3.8, 4) is 0 Å². The van der Waals surface area contributed by atoms with E-state index in [1.165, 1.54) is 9.35 Å². The van der Waals surface area contributed by atoms with Crippen LogP contribution >= 0.6 is 27.3 Å². The van der Waals surface area contributed by atoms with E-state index in [0.717, 1.165) is 11.4 Å². The van der Waals surface area contributed by atoms with E-state index in [0.29, 0.717) is 5.41 Å². The second-order valence-electron chi connectivity index (χ2n) is 4.19. The predicted octanol–water partition coefficient (Wildman–Crippen LogP) is 3.68. The second kappa shape index (κ2) is 3.38. The summed E-state index contributed by atoms with van der Waals surface area (Å²) in [6.07, 6.45) is 1.07. The van der Waals surface area contributed by atoms with E-state index < -0.39 is 0 Å². The first-order chi connectivity index (χ1) is 5.38. The van der Waals surface area contributed by atoms with Gasteiger partial charge in [0.1, 0.15) is 0 Å². The number of halogens is 1. The molecule has 0 aliphatic rings. The molecule has 0 saturated carbocycles. The summed E-state index contributed by atoms with van der Waals surface area (Å²) in [5, 5.41) is 0.890. The zero-order valence-corrected chi connectivity index (χ0v) is 10.1. The maximum absolute atomic E-state index is 5.69. The van der Waals surface area contributed by atoms with E-state index in [9.17, 15) is 0 Å². The maximum Gasteiger partial charge on any atom is 0.0871 e. The minimum absolute atomic E-state index is 0.329. The van der Waals surface area contributed by atoms with Crippen LogP contribution in [-0.2, 0) is 6.42 Å². The molecule has 1 aromatic rings. The normalized spacial score (nSPS) is 12.0. The molecule has 0 aliphatic carbocycles. The van der Waals surface area contributed by atoms with Gasteiger partial charge in [-0.3, -0.25) is 0 Å².